The molecule has 1 aliphatic heterocycles. The monoisotopic (exact) mass is 269 g/mol. The van der Waals surface area contributed by atoms with Crippen molar-refractivity contribution in [2.75, 3.05) is 24.5 Å². The summed E-state index contributed by atoms with van der Waals surface area (Å²) < 4.78 is 0. The first-order valence-corrected chi connectivity index (χ1v) is 7.75. The van der Waals surface area contributed by atoms with E-state index in [1.807, 2.05) is 12.1 Å². The topological polar surface area (TPSA) is 39.1 Å². The molecular formula is C17H23N3. The van der Waals surface area contributed by atoms with Crippen LogP contribution in [0.4, 0.5) is 5.69 Å². The Hall–Kier alpha value is -1.53. The third-order valence-electron chi connectivity index (χ3n) is 4.39. The molecule has 2 aliphatic rings. The van der Waals surface area contributed by atoms with Crippen LogP contribution in [0.15, 0.2) is 18.2 Å². The second-order valence-corrected chi connectivity index (χ2v) is 6.27. The fraction of sp³-hybridized carbons (Fsp3) is 0.588. The molecule has 0 amide bonds. The highest BCUT2D eigenvalue weighted by atomic mass is 15.2. The van der Waals surface area contributed by atoms with Crippen LogP contribution in [0.25, 0.3) is 0 Å². The first-order chi connectivity index (χ1) is 9.76. The van der Waals surface area contributed by atoms with Crippen LogP contribution >= 0.6 is 0 Å². The minimum atomic E-state index is 0.584. The highest BCUT2D eigenvalue weighted by Gasteiger charge is 2.27. The van der Waals surface area contributed by atoms with Gasteiger partial charge in [0.25, 0.3) is 0 Å². The Kier molecular flexibility index (Phi) is 3.93. The van der Waals surface area contributed by atoms with Crippen molar-refractivity contribution in [1.29, 1.82) is 5.26 Å². The second kappa shape index (κ2) is 5.85. The van der Waals surface area contributed by atoms with E-state index in [-0.39, 0.29) is 0 Å². The normalized spacial score (nSPS) is 21.7. The van der Waals surface area contributed by atoms with E-state index in [0.29, 0.717) is 6.04 Å². The molecule has 0 aromatic heterocycles. The standard InChI is InChI=1S/C17H23N3/c1-13-4-7-15(10-18)17(9-13)20(11-14-5-6-14)12-16-3-2-8-19-16/h4,7,9,14,16,19H,2-3,5-6,8,11-12H2,1H3. The molecule has 3 nitrogen and oxygen atoms in total. The molecule has 1 saturated carbocycles. The summed E-state index contributed by atoms with van der Waals surface area (Å²) in [5, 5.41) is 13.0. The van der Waals surface area contributed by atoms with Gasteiger partial charge in [0.15, 0.2) is 0 Å². The maximum Gasteiger partial charge on any atom is 0.101 e. The van der Waals surface area contributed by atoms with Gasteiger partial charge < -0.3 is 10.2 Å². The summed E-state index contributed by atoms with van der Waals surface area (Å²) in [5.41, 5.74) is 3.18. The molecular weight excluding hydrogens is 246 g/mol. The molecule has 1 saturated heterocycles. The van der Waals surface area contributed by atoms with Crippen LogP contribution in [0.3, 0.4) is 0 Å². The highest BCUT2D eigenvalue weighted by Crippen LogP contribution is 2.33. The lowest BCUT2D eigenvalue weighted by molar-refractivity contribution is 0.570. The van der Waals surface area contributed by atoms with Gasteiger partial charge in [0.1, 0.15) is 6.07 Å². The van der Waals surface area contributed by atoms with Crippen LogP contribution in [0, 0.1) is 24.2 Å². The molecule has 3 heteroatoms. The number of nitrogens with one attached hydrogen (secondary N) is 1. The Morgan fingerprint density at radius 2 is 2.15 bits per heavy atom. The van der Waals surface area contributed by atoms with E-state index in [2.05, 4.69) is 29.3 Å². The number of aryl methyl sites for hydroxylation is 1. The third kappa shape index (κ3) is 3.13. The number of anilines is 1. The SMILES string of the molecule is Cc1ccc(C#N)c(N(CC2CC2)CC2CCCN2)c1. The van der Waals surface area contributed by atoms with Crippen LogP contribution < -0.4 is 10.2 Å². The van der Waals surface area contributed by atoms with E-state index in [4.69, 9.17) is 0 Å². The van der Waals surface area contributed by atoms with Gasteiger partial charge in [0.2, 0.25) is 0 Å². The fourth-order valence-corrected chi connectivity index (χ4v) is 3.06. The van der Waals surface area contributed by atoms with Gasteiger partial charge in [-0.25, -0.2) is 0 Å². The average molecular weight is 269 g/mol. The van der Waals surface area contributed by atoms with E-state index in [1.54, 1.807) is 0 Å². The number of hydrogen-bond donors (Lipinski definition) is 1. The first kappa shape index (κ1) is 13.5. The van der Waals surface area contributed by atoms with Crippen molar-refractivity contribution in [2.45, 2.75) is 38.6 Å². The Morgan fingerprint density at radius 1 is 1.30 bits per heavy atom. The van der Waals surface area contributed by atoms with Gasteiger partial charge >= 0.3 is 0 Å². The fourth-order valence-electron chi connectivity index (χ4n) is 3.06. The lowest BCUT2D eigenvalue weighted by Gasteiger charge is -2.29. The van der Waals surface area contributed by atoms with E-state index < -0.39 is 0 Å². The zero-order valence-electron chi connectivity index (χ0n) is 12.2. The molecule has 1 aromatic rings. The largest absolute Gasteiger partial charge is 0.369 e. The van der Waals surface area contributed by atoms with Crippen molar-refractivity contribution >= 4 is 5.69 Å². The van der Waals surface area contributed by atoms with E-state index >= 15 is 0 Å². The predicted octanol–water partition coefficient (Wildman–Crippen LogP) is 2.84. The molecule has 1 N–H and O–H groups in total. The van der Waals surface area contributed by atoms with E-state index in [0.717, 1.165) is 36.8 Å². The van der Waals surface area contributed by atoms with Crippen LogP contribution in [-0.2, 0) is 0 Å². The van der Waals surface area contributed by atoms with Gasteiger partial charge in [-0.15, -0.1) is 0 Å². The van der Waals surface area contributed by atoms with Crippen LogP contribution in [-0.4, -0.2) is 25.7 Å². The van der Waals surface area contributed by atoms with Gasteiger partial charge in [-0.05, 0) is 62.8 Å². The summed E-state index contributed by atoms with van der Waals surface area (Å²) in [6.45, 7) is 5.39. The molecule has 1 heterocycles. The lowest BCUT2D eigenvalue weighted by atomic mass is 10.1. The lowest BCUT2D eigenvalue weighted by Crippen LogP contribution is -2.39. The zero-order chi connectivity index (χ0) is 13.9. The van der Waals surface area contributed by atoms with Crippen LogP contribution in [0.1, 0.15) is 36.8 Å². The Balaban J connectivity index is 1.83. The van der Waals surface area contributed by atoms with Gasteiger partial charge in [-0.2, -0.15) is 5.26 Å². The Bertz CT molecular complexity index is 507. The van der Waals surface area contributed by atoms with Gasteiger partial charge in [-0.3, -0.25) is 0 Å². The number of hydrogen-bond acceptors (Lipinski definition) is 3. The Morgan fingerprint density at radius 3 is 2.80 bits per heavy atom. The minimum Gasteiger partial charge on any atom is -0.369 e. The smallest absolute Gasteiger partial charge is 0.101 e. The first-order valence-electron chi connectivity index (χ1n) is 7.75. The van der Waals surface area contributed by atoms with Crippen molar-refractivity contribution < 1.29 is 0 Å². The van der Waals surface area contributed by atoms with Crippen molar-refractivity contribution in [1.82, 2.24) is 5.32 Å². The molecule has 1 unspecified atom stereocenters. The molecule has 0 bridgehead atoms. The summed E-state index contributed by atoms with van der Waals surface area (Å²) in [6.07, 6.45) is 5.24. The predicted molar refractivity (Wildman–Crippen MR) is 81.9 cm³/mol. The molecule has 0 radical (unpaired) electrons. The number of rotatable bonds is 5. The molecule has 2 fully saturated rings. The maximum atomic E-state index is 9.38. The molecule has 106 valence electrons. The van der Waals surface area contributed by atoms with E-state index in [1.165, 1.54) is 31.2 Å². The van der Waals surface area contributed by atoms with Crippen LogP contribution in [0.2, 0.25) is 0 Å². The van der Waals surface area contributed by atoms with Gasteiger partial charge in [-0.1, -0.05) is 6.07 Å². The summed E-state index contributed by atoms with van der Waals surface area (Å²) in [5.74, 6) is 0.837. The summed E-state index contributed by atoms with van der Waals surface area (Å²) >= 11 is 0. The average Bonchev–Trinajstić information content (AvgIpc) is 3.12. The molecule has 1 aliphatic carbocycles. The molecule has 1 aromatic carbocycles. The number of nitrogens with zero attached hydrogens (tertiary/aromatic N) is 2. The Labute approximate surface area is 121 Å². The van der Waals surface area contributed by atoms with Gasteiger partial charge in [0.05, 0.1) is 11.3 Å². The summed E-state index contributed by atoms with van der Waals surface area (Å²) in [6, 6.07) is 9.12. The van der Waals surface area contributed by atoms with Crippen molar-refractivity contribution in [3.63, 3.8) is 0 Å². The third-order valence-corrected chi connectivity index (χ3v) is 4.39. The zero-order valence-corrected chi connectivity index (χ0v) is 12.2. The number of benzene rings is 1. The van der Waals surface area contributed by atoms with Crippen molar-refractivity contribution in [3.8, 4) is 6.07 Å². The highest BCUT2D eigenvalue weighted by molar-refractivity contribution is 5.61. The summed E-state index contributed by atoms with van der Waals surface area (Å²) in [7, 11) is 0. The molecule has 0 spiro atoms. The van der Waals surface area contributed by atoms with E-state index in [9.17, 15) is 5.26 Å². The van der Waals surface area contributed by atoms with Crippen LogP contribution in [0.5, 0.6) is 0 Å². The molecule has 1 atom stereocenters. The van der Waals surface area contributed by atoms with Crippen molar-refractivity contribution in [3.05, 3.63) is 29.3 Å². The van der Waals surface area contributed by atoms with Crippen molar-refractivity contribution in [2.24, 2.45) is 5.92 Å². The minimum absolute atomic E-state index is 0.584. The molecule has 3 rings (SSSR count). The second-order valence-electron chi connectivity index (χ2n) is 6.27. The van der Waals surface area contributed by atoms with Gasteiger partial charge in [0, 0.05) is 19.1 Å². The quantitative estimate of drug-likeness (QED) is 0.893. The molecule has 20 heavy (non-hydrogen) atoms. The number of nitriles is 1. The summed E-state index contributed by atoms with van der Waals surface area (Å²) in [4.78, 5) is 2.45. The maximum absolute atomic E-state index is 9.38.